The van der Waals surface area contributed by atoms with Gasteiger partial charge in [0.25, 0.3) is 0 Å². The van der Waals surface area contributed by atoms with Gasteiger partial charge in [-0.2, -0.15) is 0 Å². The van der Waals surface area contributed by atoms with Crippen molar-refractivity contribution < 1.29 is 4.79 Å². The van der Waals surface area contributed by atoms with Crippen LogP contribution < -0.4 is 5.73 Å². The van der Waals surface area contributed by atoms with Crippen molar-refractivity contribution in [2.75, 3.05) is 7.05 Å². The zero-order valence-electron chi connectivity index (χ0n) is 10.9. The average Bonchev–Trinajstić information content (AvgIpc) is 2.35. The Kier molecular flexibility index (Phi) is 5.16. The number of hydrogen-bond acceptors (Lipinski definition) is 2. The van der Waals surface area contributed by atoms with Gasteiger partial charge in [-0.15, -0.1) is 0 Å². The lowest BCUT2D eigenvalue weighted by atomic mass is 10.0. The Hall–Kier alpha value is -1.35. The van der Waals surface area contributed by atoms with E-state index in [2.05, 4.69) is 0 Å². The summed E-state index contributed by atoms with van der Waals surface area (Å²) < 4.78 is 0. The van der Waals surface area contributed by atoms with Crippen molar-refractivity contribution in [3.63, 3.8) is 0 Å². The van der Waals surface area contributed by atoms with Crippen LogP contribution in [0, 0.1) is 0 Å². The lowest BCUT2D eigenvalue weighted by Crippen LogP contribution is -2.33. The van der Waals surface area contributed by atoms with Crippen molar-refractivity contribution in [1.82, 2.24) is 4.90 Å². The van der Waals surface area contributed by atoms with Crippen molar-refractivity contribution in [3.8, 4) is 0 Å². The van der Waals surface area contributed by atoms with Crippen LogP contribution in [0.15, 0.2) is 30.3 Å². The van der Waals surface area contributed by atoms with E-state index in [1.54, 1.807) is 4.90 Å². The highest BCUT2D eigenvalue weighted by Gasteiger charge is 2.14. The van der Waals surface area contributed by atoms with Gasteiger partial charge in [0.05, 0.1) is 0 Å². The fourth-order valence-electron chi connectivity index (χ4n) is 1.61. The first-order valence-electron chi connectivity index (χ1n) is 6.08. The molecule has 1 aromatic carbocycles. The minimum Gasteiger partial charge on any atom is -0.343 e. The molecule has 0 aliphatic heterocycles. The van der Waals surface area contributed by atoms with E-state index in [-0.39, 0.29) is 18.0 Å². The van der Waals surface area contributed by atoms with Gasteiger partial charge in [0.15, 0.2) is 0 Å². The lowest BCUT2D eigenvalue weighted by Gasteiger charge is -2.22. The third-order valence-corrected chi connectivity index (χ3v) is 3.06. The molecule has 1 atom stereocenters. The molecule has 0 saturated carbocycles. The molecule has 0 radical (unpaired) electrons. The average molecular weight is 234 g/mol. The maximum atomic E-state index is 11.8. The normalized spacial score (nSPS) is 12.5. The largest absolute Gasteiger partial charge is 0.343 e. The van der Waals surface area contributed by atoms with Gasteiger partial charge in [-0.05, 0) is 25.8 Å². The van der Waals surface area contributed by atoms with Crippen LogP contribution in [0.1, 0.15) is 38.3 Å². The third kappa shape index (κ3) is 4.19. The fourth-order valence-corrected chi connectivity index (χ4v) is 1.61. The summed E-state index contributed by atoms with van der Waals surface area (Å²) in [5.74, 6) is 0.159. The molecule has 94 valence electrons. The molecular formula is C14H22N2O. The van der Waals surface area contributed by atoms with Crippen LogP contribution in [-0.4, -0.2) is 23.9 Å². The van der Waals surface area contributed by atoms with Gasteiger partial charge in [0, 0.05) is 25.6 Å². The number of benzene rings is 1. The van der Waals surface area contributed by atoms with Crippen LogP contribution in [0.2, 0.25) is 0 Å². The molecule has 1 rings (SSSR count). The third-order valence-electron chi connectivity index (χ3n) is 3.06. The first-order chi connectivity index (χ1) is 8.02. The Morgan fingerprint density at radius 2 is 1.88 bits per heavy atom. The predicted molar refractivity (Wildman–Crippen MR) is 70.5 cm³/mol. The van der Waals surface area contributed by atoms with Crippen LogP contribution in [-0.2, 0) is 4.79 Å². The second-order valence-electron chi connectivity index (χ2n) is 4.65. The number of rotatable bonds is 5. The minimum absolute atomic E-state index is 0.0549. The monoisotopic (exact) mass is 234 g/mol. The van der Waals surface area contributed by atoms with Crippen LogP contribution in [0.4, 0.5) is 0 Å². The number of carbonyl (C=O) groups is 1. The number of hydrogen-bond donors (Lipinski definition) is 1. The van der Waals surface area contributed by atoms with Crippen LogP contribution in [0.5, 0.6) is 0 Å². The number of nitrogens with two attached hydrogens (primary N) is 1. The molecule has 3 nitrogen and oxygen atoms in total. The number of amides is 1. The predicted octanol–water partition coefficient (Wildman–Crippen LogP) is 2.33. The van der Waals surface area contributed by atoms with Gasteiger partial charge in [0.2, 0.25) is 5.91 Å². The molecule has 3 heteroatoms. The molecule has 0 aliphatic rings. The summed E-state index contributed by atoms with van der Waals surface area (Å²) in [6.45, 7) is 4.02. The molecule has 0 fully saturated rings. The molecule has 1 unspecified atom stereocenters. The van der Waals surface area contributed by atoms with Crippen molar-refractivity contribution in [2.45, 2.75) is 38.8 Å². The second-order valence-corrected chi connectivity index (χ2v) is 4.65. The van der Waals surface area contributed by atoms with Crippen molar-refractivity contribution in [1.29, 1.82) is 0 Å². The van der Waals surface area contributed by atoms with E-state index < -0.39 is 0 Å². The van der Waals surface area contributed by atoms with Crippen molar-refractivity contribution >= 4 is 5.91 Å². The smallest absolute Gasteiger partial charge is 0.222 e. The molecule has 0 aliphatic carbocycles. The summed E-state index contributed by atoms with van der Waals surface area (Å²) in [5.41, 5.74) is 7.14. The van der Waals surface area contributed by atoms with Crippen LogP contribution >= 0.6 is 0 Å². The van der Waals surface area contributed by atoms with Crippen molar-refractivity contribution in [2.24, 2.45) is 5.73 Å². The number of carbonyl (C=O) groups excluding carboxylic acids is 1. The van der Waals surface area contributed by atoms with E-state index >= 15 is 0 Å². The van der Waals surface area contributed by atoms with Gasteiger partial charge < -0.3 is 10.6 Å². The van der Waals surface area contributed by atoms with E-state index in [9.17, 15) is 4.79 Å². The number of nitrogens with zero attached hydrogens (tertiary/aromatic N) is 1. The first kappa shape index (κ1) is 13.7. The van der Waals surface area contributed by atoms with Crippen LogP contribution in [0.3, 0.4) is 0 Å². The molecule has 17 heavy (non-hydrogen) atoms. The fraction of sp³-hybridized carbons (Fsp3) is 0.500. The molecular weight excluding hydrogens is 212 g/mol. The Morgan fingerprint density at radius 3 is 2.41 bits per heavy atom. The van der Waals surface area contributed by atoms with Gasteiger partial charge in [-0.1, -0.05) is 30.3 Å². The molecule has 1 aromatic rings. The van der Waals surface area contributed by atoms with Gasteiger partial charge in [-0.3, -0.25) is 4.79 Å². The zero-order chi connectivity index (χ0) is 12.8. The van der Waals surface area contributed by atoms with Crippen molar-refractivity contribution in [3.05, 3.63) is 35.9 Å². The Morgan fingerprint density at radius 1 is 1.29 bits per heavy atom. The maximum absolute atomic E-state index is 11.8. The molecule has 0 heterocycles. The summed E-state index contributed by atoms with van der Waals surface area (Å²) in [7, 11) is 1.83. The first-order valence-corrected chi connectivity index (χ1v) is 6.08. The highest BCUT2D eigenvalue weighted by Crippen LogP contribution is 2.15. The summed E-state index contributed by atoms with van der Waals surface area (Å²) in [6.07, 6.45) is 1.20. The minimum atomic E-state index is -0.0549. The van der Waals surface area contributed by atoms with E-state index in [1.807, 2.05) is 51.2 Å². The summed E-state index contributed by atoms with van der Waals surface area (Å²) in [5, 5.41) is 0. The van der Waals surface area contributed by atoms with Gasteiger partial charge in [-0.25, -0.2) is 0 Å². The Labute approximate surface area is 104 Å². The lowest BCUT2D eigenvalue weighted by molar-refractivity contribution is -0.131. The molecule has 0 aromatic heterocycles. The zero-order valence-corrected chi connectivity index (χ0v) is 10.9. The van der Waals surface area contributed by atoms with E-state index in [0.29, 0.717) is 12.8 Å². The van der Waals surface area contributed by atoms with E-state index in [4.69, 9.17) is 5.73 Å². The second kappa shape index (κ2) is 6.40. The molecule has 2 N–H and O–H groups in total. The molecule has 1 amide bonds. The Bertz CT molecular complexity index is 348. The topological polar surface area (TPSA) is 46.3 Å². The van der Waals surface area contributed by atoms with Gasteiger partial charge >= 0.3 is 0 Å². The van der Waals surface area contributed by atoms with E-state index in [0.717, 1.165) is 5.56 Å². The van der Waals surface area contributed by atoms with E-state index in [1.165, 1.54) is 0 Å². The van der Waals surface area contributed by atoms with Gasteiger partial charge in [0.1, 0.15) is 0 Å². The maximum Gasteiger partial charge on any atom is 0.222 e. The Balaban J connectivity index is 2.44. The molecule has 0 spiro atoms. The highest BCUT2D eigenvalue weighted by molar-refractivity contribution is 5.76. The summed E-state index contributed by atoms with van der Waals surface area (Å²) in [4.78, 5) is 13.6. The molecule has 0 saturated heterocycles. The van der Waals surface area contributed by atoms with Crippen LogP contribution in [0.25, 0.3) is 0 Å². The summed E-state index contributed by atoms with van der Waals surface area (Å²) >= 11 is 0. The highest BCUT2D eigenvalue weighted by atomic mass is 16.2. The standard InChI is InChI=1S/C14H22N2O/c1-11(2)16(3)14(17)10-9-13(15)12-7-5-4-6-8-12/h4-8,11,13H,9-10,15H2,1-3H3. The SMILES string of the molecule is CC(C)N(C)C(=O)CCC(N)c1ccccc1. The summed E-state index contributed by atoms with van der Waals surface area (Å²) in [6, 6.07) is 10.1. The quantitative estimate of drug-likeness (QED) is 0.850. The molecule has 0 bridgehead atoms.